The molecule has 20 heavy (non-hydrogen) atoms. The third-order valence-electron chi connectivity index (χ3n) is 3.87. The van der Waals surface area contributed by atoms with Gasteiger partial charge in [-0.3, -0.25) is 4.79 Å². The SMILES string of the molecule is CCC(C)(C)c1ccc(C(=O)c2sccc2OC)cc1. The summed E-state index contributed by atoms with van der Waals surface area (Å²) in [5.74, 6) is 0.677. The summed E-state index contributed by atoms with van der Waals surface area (Å²) in [5, 5.41) is 1.88. The molecule has 0 aliphatic rings. The molecule has 3 heteroatoms. The van der Waals surface area contributed by atoms with E-state index in [0.717, 1.165) is 6.42 Å². The molecule has 0 atom stereocenters. The van der Waals surface area contributed by atoms with Gasteiger partial charge in [0.15, 0.2) is 0 Å². The van der Waals surface area contributed by atoms with Crippen LogP contribution in [0.15, 0.2) is 35.7 Å². The van der Waals surface area contributed by atoms with Crippen molar-refractivity contribution in [2.45, 2.75) is 32.6 Å². The summed E-state index contributed by atoms with van der Waals surface area (Å²) in [6.07, 6.45) is 1.07. The van der Waals surface area contributed by atoms with E-state index in [1.807, 2.05) is 23.6 Å². The maximum absolute atomic E-state index is 12.4. The molecule has 1 aromatic carbocycles. The van der Waals surface area contributed by atoms with Crippen molar-refractivity contribution in [2.75, 3.05) is 7.11 Å². The molecule has 0 fully saturated rings. The number of carbonyl (C=O) groups is 1. The summed E-state index contributed by atoms with van der Waals surface area (Å²) in [5.41, 5.74) is 2.11. The molecule has 0 saturated heterocycles. The minimum atomic E-state index is 0.0257. The number of hydrogen-bond donors (Lipinski definition) is 0. The minimum Gasteiger partial charge on any atom is -0.495 e. The Kier molecular flexibility index (Phi) is 4.29. The van der Waals surface area contributed by atoms with E-state index < -0.39 is 0 Å². The van der Waals surface area contributed by atoms with Crippen LogP contribution in [0.1, 0.15) is 48.0 Å². The molecular formula is C17H20O2S. The molecule has 2 nitrogen and oxygen atoms in total. The van der Waals surface area contributed by atoms with Gasteiger partial charge in [-0.1, -0.05) is 45.0 Å². The zero-order valence-corrected chi connectivity index (χ0v) is 13.2. The number of ketones is 1. The fraction of sp³-hybridized carbons (Fsp3) is 0.353. The maximum atomic E-state index is 12.4. The Labute approximate surface area is 124 Å². The van der Waals surface area contributed by atoms with Crippen LogP contribution in [0.25, 0.3) is 0 Å². The Morgan fingerprint density at radius 1 is 1.20 bits per heavy atom. The van der Waals surface area contributed by atoms with E-state index in [1.54, 1.807) is 7.11 Å². The predicted molar refractivity (Wildman–Crippen MR) is 84.1 cm³/mol. The number of hydrogen-bond acceptors (Lipinski definition) is 3. The van der Waals surface area contributed by atoms with Crippen LogP contribution in [0, 0.1) is 0 Å². The molecule has 0 bridgehead atoms. The summed E-state index contributed by atoms with van der Waals surface area (Å²) in [6.45, 7) is 6.60. The van der Waals surface area contributed by atoms with Gasteiger partial charge in [-0.15, -0.1) is 11.3 Å². The zero-order valence-electron chi connectivity index (χ0n) is 12.4. The highest BCUT2D eigenvalue weighted by atomic mass is 32.1. The van der Waals surface area contributed by atoms with E-state index >= 15 is 0 Å². The van der Waals surface area contributed by atoms with Gasteiger partial charge >= 0.3 is 0 Å². The molecule has 0 N–H and O–H groups in total. The van der Waals surface area contributed by atoms with Crippen molar-refractivity contribution >= 4 is 17.1 Å². The van der Waals surface area contributed by atoms with Crippen LogP contribution in [0.5, 0.6) is 5.75 Å². The Morgan fingerprint density at radius 2 is 1.85 bits per heavy atom. The Hall–Kier alpha value is -1.61. The Balaban J connectivity index is 2.29. The fourth-order valence-corrected chi connectivity index (χ4v) is 2.85. The van der Waals surface area contributed by atoms with Gasteiger partial charge in [-0.25, -0.2) is 0 Å². The molecule has 1 heterocycles. The normalized spacial score (nSPS) is 11.4. The van der Waals surface area contributed by atoms with E-state index in [4.69, 9.17) is 4.74 Å². The van der Waals surface area contributed by atoms with Gasteiger partial charge in [0.1, 0.15) is 10.6 Å². The summed E-state index contributed by atoms with van der Waals surface area (Å²) in [6, 6.07) is 9.75. The van der Waals surface area contributed by atoms with Gasteiger partial charge in [-0.05, 0) is 28.8 Å². The van der Waals surface area contributed by atoms with Gasteiger partial charge in [0, 0.05) is 5.56 Å². The predicted octanol–water partition coefficient (Wildman–Crippen LogP) is 4.68. The molecule has 0 spiro atoms. The molecular weight excluding hydrogens is 268 g/mol. The van der Waals surface area contributed by atoms with Crippen LogP contribution in [-0.4, -0.2) is 12.9 Å². The van der Waals surface area contributed by atoms with Gasteiger partial charge in [0.2, 0.25) is 5.78 Å². The summed E-state index contributed by atoms with van der Waals surface area (Å²) in [7, 11) is 1.59. The van der Waals surface area contributed by atoms with Crippen molar-refractivity contribution in [3.8, 4) is 5.75 Å². The first-order chi connectivity index (χ1) is 9.49. The molecule has 2 rings (SSSR count). The molecule has 0 aliphatic carbocycles. The van der Waals surface area contributed by atoms with Crippen molar-refractivity contribution in [2.24, 2.45) is 0 Å². The average molecular weight is 288 g/mol. The summed E-state index contributed by atoms with van der Waals surface area (Å²) >= 11 is 1.42. The number of methoxy groups -OCH3 is 1. The maximum Gasteiger partial charge on any atom is 0.206 e. The second-order valence-corrected chi connectivity index (χ2v) is 6.38. The van der Waals surface area contributed by atoms with E-state index in [9.17, 15) is 4.79 Å². The number of carbonyl (C=O) groups excluding carboxylic acids is 1. The third-order valence-corrected chi connectivity index (χ3v) is 4.76. The highest BCUT2D eigenvalue weighted by Crippen LogP contribution is 2.29. The van der Waals surface area contributed by atoms with Crippen molar-refractivity contribution < 1.29 is 9.53 Å². The summed E-state index contributed by atoms with van der Waals surface area (Å²) < 4.78 is 5.21. The number of ether oxygens (including phenoxy) is 1. The minimum absolute atomic E-state index is 0.0257. The lowest BCUT2D eigenvalue weighted by atomic mass is 9.82. The van der Waals surface area contributed by atoms with E-state index in [-0.39, 0.29) is 11.2 Å². The molecule has 1 aromatic heterocycles. The van der Waals surface area contributed by atoms with Crippen molar-refractivity contribution in [3.05, 3.63) is 51.7 Å². The van der Waals surface area contributed by atoms with Gasteiger partial charge in [0.05, 0.1) is 7.11 Å². The zero-order chi connectivity index (χ0) is 14.8. The lowest BCUT2D eigenvalue weighted by Crippen LogP contribution is -2.15. The standard InChI is InChI=1S/C17H20O2S/c1-5-17(2,3)13-8-6-12(7-9-13)15(18)16-14(19-4)10-11-20-16/h6-11H,5H2,1-4H3. The van der Waals surface area contributed by atoms with Gasteiger partial charge in [0.25, 0.3) is 0 Å². The molecule has 0 saturated carbocycles. The topological polar surface area (TPSA) is 26.3 Å². The second kappa shape index (κ2) is 5.80. The Bertz CT molecular complexity index is 594. The van der Waals surface area contributed by atoms with Crippen molar-refractivity contribution in [1.82, 2.24) is 0 Å². The van der Waals surface area contributed by atoms with Crippen LogP contribution < -0.4 is 4.74 Å². The average Bonchev–Trinajstić information content (AvgIpc) is 2.95. The third kappa shape index (κ3) is 2.78. The first-order valence-corrected chi connectivity index (χ1v) is 7.64. The first-order valence-electron chi connectivity index (χ1n) is 6.76. The molecule has 0 amide bonds. The van der Waals surface area contributed by atoms with Gasteiger partial charge < -0.3 is 4.74 Å². The number of benzene rings is 1. The molecule has 106 valence electrons. The van der Waals surface area contributed by atoms with Crippen LogP contribution in [-0.2, 0) is 5.41 Å². The van der Waals surface area contributed by atoms with E-state index in [0.29, 0.717) is 16.2 Å². The van der Waals surface area contributed by atoms with E-state index in [2.05, 4.69) is 32.9 Å². The van der Waals surface area contributed by atoms with Crippen LogP contribution in [0.2, 0.25) is 0 Å². The first kappa shape index (κ1) is 14.8. The molecule has 0 unspecified atom stereocenters. The largest absolute Gasteiger partial charge is 0.495 e. The number of rotatable bonds is 5. The fourth-order valence-electron chi connectivity index (χ4n) is 2.03. The van der Waals surface area contributed by atoms with Gasteiger partial charge in [-0.2, -0.15) is 0 Å². The van der Waals surface area contributed by atoms with Crippen LogP contribution in [0.3, 0.4) is 0 Å². The van der Waals surface area contributed by atoms with Crippen LogP contribution >= 0.6 is 11.3 Å². The second-order valence-electron chi connectivity index (χ2n) is 5.46. The quantitative estimate of drug-likeness (QED) is 0.747. The highest BCUT2D eigenvalue weighted by molar-refractivity contribution is 7.12. The molecule has 0 aliphatic heterocycles. The molecule has 0 radical (unpaired) electrons. The monoisotopic (exact) mass is 288 g/mol. The van der Waals surface area contributed by atoms with Crippen LogP contribution in [0.4, 0.5) is 0 Å². The highest BCUT2D eigenvalue weighted by Gasteiger charge is 2.20. The van der Waals surface area contributed by atoms with Crippen molar-refractivity contribution in [1.29, 1.82) is 0 Å². The summed E-state index contributed by atoms with van der Waals surface area (Å²) in [4.78, 5) is 13.1. The molecule has 2 aromatic rings. The number of thiophene rings is 1. The Morgan fingerprint density at radius 3 is 2.40 bits per heavy atom. The lowest BCUT2D eigenvalue weighted by molar-refractivity contribution is 0.104. The van der Waals surface area contributed by atoms with Crippen molar-refractivity contribution in [3.63, 3.8) is 0 Å². The van der Waals surface area contributed by atoms with E-state index in [1.165, 1.54) is 16.9 Å². The smallest absolute Gasteiger partial charge is 0.206 e. The lowest BCUT2D eigenvalue weighted by Gasteiger charge is -2.23.